The summed E-state index contributed by atoms with van der Waals surface area (Å²) in [6, 6.07) is 5.62. The zero-order chi connectivity index (χ0) is 57.1. The number of aliphatic hydroxyl groups excluding tert-OH is 1. The summed E-state index contributed by atoms with van der Waals surface area (Å²) in [5.41, 5.74) is 7.21. The Kier molecular flexibility index (Phi) is 23.6. The van der Waals surface area contributed by atoms with E-state index in [1.54, 1.807) is 20.0 Å². The van der Waals surface area contributed by atoms with Crippen molar-refractivity contribution in [2.24, 2.45) is 17.1 Å². The zero-order valence-electron chi connectivity index (χ0n) is 44.8. The highest BCUT2D eigenvalue weighted by atomic mass is 19.1. The van der Waals surface area contributed by atoms with Crippen molar-refractivity contribution in [3.8, 4) is 5.69 Å². The van der Waals surface area contributed by atoms with Crippen molar-refractivity contribution in [3.63, 3.8) is 0 Å². The number of benzene rings is 2. The van der Waals surface area contributed by atoms with Crippen LogP contribution in [0.25, 0.3) is 5.69 Å². The lowest BCUT2D eigenvalue weighted by Crippen LogP contribution is -2.56. The highest BCUT2D eigenvalue weighted by Gasteiger charge is 2.39. The number of carboxylic acids is 1. The number of carbonyl (C=O) groups is 9. The van der Waals surface area contributed by atoms with Crippen LogP contribution in [0.5, 0.6) is 0 Å². The van der Waals surface area contributed by atoms with E-state index in [-0.39, 0.29) is 75.2 Å². The summed E-state index contributed by atoms with van der Waals surface area (Å²) in [6.07, 6.45) is 6.25. The Bertz CT molecular complexity index is 2590. The minimum atomic E-state index is -1.34. The standard InChI is InChI=1S/C54H74F2N10O11/c1-32(2)46(62-42(68)19-12-9-15-26-64-43(69)22-23-44(64)70)52(75)60-34(4)50(73)61-40(53(76)77)18-13-14-25-58-49(72)33(3)59-51(74)39(57)24-27-65(45(71)31-67)48(54(5,6)7)47-36(28-35-16-10-8-11-17-35)30-66(63-47)41-29-37(55)20-21-38(41)56/h8,10-11,16-17,20-23,29-30,32-34,39-40,46,48,67H,9,12-15,18-19,24-28,31,57H2,1-7H3,(H,58,72)(H,59,74)(H,60,75)(H,61,73)(H,62,68)(H,76,77)/t33-,34+,39+,40+,46?,48+/m1/s1. The predicted octanol–water partition coefficient (Wildman–Crippen LogP) is 2.86. The van der Waals surface area contributed by atoms with Crippen molar-refractivity contribution in [3.05, 3.63) is 95.3 Å². The molecule has 4 rings (SSSR count). The Balaban J connectivity index is 1.25. The van der Waals surface area contributed by atoms with E-state index in [9.17, 15) is 57.8 Å². The first-order valence-electron chi connectivity index (χ1n) is 25.8. The molecule has 0 radical (unpaired) electrons. The van der Waals surface area contributed by atoms with Gasteiger partial charge in [-0.25, -0.2) is 18.3 Å². The molecular weight excluding hydrogens is 1000 g/mol. The van der Waals surface area contributed by atoms with E-state index < -0.39 is 101 Å². The number of aliphatic hydroxyl groups is 1. The van der Waals surface area contributed by atoms with E-state index in [2.05, 4.69) is 26.6 Å². The summed E-state index contributed by atoms with van der Waals surface area (Å²) in [5.74, 6) is -7.67. The lowest BCUT2D eigenvalue weighted by molar-refractivity contribution is -0.142. The second-order valence-electron chi connectivity index (χ2n) is 20.6. The molecule has 0 aliphatic carbocycles. The molecule has 1 unspecified atom stereocenters. The van der Waals surface area contributed by atoms with Gasteiger partial charge in [-0.1, -0.05) is 71.4 Å². The van der Waals surface area contributed by atoms with Crippen LogP contribution in [-0.2, 0) is 49.6 Å². The summed E-state index contributed by atoms with van der Waals surface area (Å²) >= 11 is 0. The number of nitrogens with one attached hydrogen (secondary N) is 5. The van der Waals surface area contributed by atoms with E-state index in [1.807, 2.05) is 51.1 Å². The summed E-state index contributed by atoms with van der Waals surface area (Å²) < 4.78 is 30.7. The van der Waals surface area contributed by atoms with Gasteiger partial charge in [0.05, 0.1) is 17.8 Å². The number of nitrogens with two attached hydrogens (primary N) is 1. The van der Waals surface area contributed by atoms with Crippen LogP contribution in [0.3, 0.4) is 0 Å². The number of carboxylic acid groups (broad SMARTS) is 1. The molecule has 0 bridgehead atoms. The second-order valence-corrected chi connectivity index (χ2v) is 20.6. The van der Waals surface area contributed by atoms with Gasteiger partial charge in [-0.15, -0.1) is 0 Å². The van der Waals surface area contributed by atoms with Crippen LogP contribution in [0.4, 0.5) is 8.78 Å². The van der Waals surface area contributed by atoms with Gasteiger partial charge in [0.25, 0.3) is 11.8 Å². The van der Waals surface area contributed by atoms with Crippen molar-refractivity contribution >= 4 is 53.2 Å². The summed E-state index contributed by atoms with van der Waals surface area (Å²) in [6.45, 7) is 11.0. The minimum Gasteiger partial charge on any atom is -0.480 e. The van der Waals surface area contributed by atoms with Gasteiger partial charge in [0.1, 0.15) is 48.1 Å². The van der Waals surface area contributed by atoms with Gasteiger partial charge < -0.3 is 47.4 Å². The number of rotatable bonds is 30. The van der Waals surface area contributed by atoms with Crippen molar-refractivity contribution in [2.75, 3.05) is 26.2 Å². The van der Waals surface area contributed by atoms with Crippen LogP contribution in [0, 0.1) is 23.0 Å². The maximum Gasteiger partial charge on any atom is 0.326 e. The van der Waals surface area contributed by atoms with Gasteiger partial charge in [0.15, 0.2) is 0 Å². The smallest absolute Gasteiger partial charge is 0.326 e. The fourth-order valence-corrected chi connectivity index (χ4v) is 8.62. The van der Waals surface area contributed by atoms with Crippen LogP contribution in [0.1, 0.15) is 123 Å². The summed E-state index contributed by atoms with van der Waals surface area (Å²) in [4.78, 5) is 117. The van der Waals surface area contributed by atoms with Crippen molar-refractivity contribution in [1.82, 2.24) is 46.2 Å². The number of amides is 8. The molecular formula is C54H74F2N10O11. The first-order valence-corrected chi connectivity index (χ1v) is 25.8. The Morgan fingerprint density at radius 3 is 2.05 bits per heavy atom. The minimum absolute atomic E-state index is 0.0291. The molecule has 1 aromatic heterocycles. The fraction of sp³-hybridized carbons (Fsp3) is 0.519. The van der Waals surface area contributed by atoms with Gasteiger partial charge in [-0.3, -0.25) is 43.3 Å². The van der Waals surface area contributed by atoms with E-state index in [4.69, 9.17) is 10.8 Å². The van der Waals surface area contributed by atoms with Gasteiger partial charge in [0.2, 0.25) is 35.4 Å². The van der Waals surface area contributed by atoms with E-state index >= 15 is 4.39 Å². The highest BCUT2D eigenvalue weighted by Crippen LogP contribution is 2.40. The molecule has 2 aromatic carbocycles. The molecule has 8 amide bonds. The lowest BCUT2D eigenvalue weighted by atomic mass is 9.81. The monoisotopic (exact) mass is 1080 g/mol. The molecule has 6 atom stereocenters. The lowest BCUT2D eigenvalue weighted by Gasteiger charge is -2.40. The predicted molar refractivity (Wildman–Crippen MR) is 279 cm³/mol. The van der Waals surface area contributed by atoms with Crippen LogP contribution >= 0.6 is 0 Å². The molecule has 0 saturated heterocycles. The van der Waals surface area contributed by atoms with Crippen LogP contribution in [0.2, 0.25) is 0 Å². The normalized spacial score (nSPS) is 14.8. The number of aromatic nitrogens is 2. The highest BCUT2D eigenvalue weighted by molar-refractivity contribution is 6.12. The third kappa shape index (κ3) is 18.7. The second kappa shape index (κ2) is 29.2. The molecule has 0 saturated carbocycles. The Hall–Kier alpha value is -7.40. The number of nitrogens with zero attached hydrogens (tertiary/aromatic N) is 4. The largest absolute Gasteiger partial charge is 0.480 e. The van der Waals surface area contributed by atoms with Gasteiger partial charge in [-0.2, -0.15) is 5.10 Å². The first kappa shape index (κ1) is 62.1. The SMILES string of the molecule is CC(C)C(NC(=O)CCCCCN1C(=O)C=CC1=O)C(=O)N[C@@H](C)C(=O)N[C@@H](CCCCNC(=O)[C@@H](C)NC(=O)[C@@H](N)CCN(C(=O)CO)[C@@H](c1nn(-c2cc(F)ccc2F)cc1Cc1ccccc1)C(C)(C)C)C(=O)O. The molecule has 1 aliphatic rings. The third-order valence-corrected chi connectivity index (χ3v) is 12.9. The average molecular weight is 1080 g/mol. The maximum absolute atomic E-state index is 15.1. The molecule has 1 aliphatic heterocycles. The number of unbranched alkanes of at least 4 members (excludes halogenated alkanes) is 3. The average Bonchev–Trinajstić information content (AvgIpc) is 3.93. The number of hydrogen-bond acceptors (Lipinski definition) is 12. The molecule has 21 nitrogen and oxygen atoms in total. The molecule has 3 aromatic rings. The van der Waals surface area contributed by atoms with Gasteiger partial charge in [-0.05, 0) is 81.4 Å². The van der Waals surface area contributed by atoms with Crippen molar-refractivity contribution in [2.45, 2.75) is 143 Å². The Labute approximate surface area is 447 Å². The Morgan fingerprint density at radius 1 is 0.779 bits per heavy atom. The van der Waals surface area contributed by atoms with Crippen LogP contribution in [0.15, 0.2) is 66.9 Å². The molecule has 23 heteroatoms. The first-order chi connectivity index (χ1) is 36.3. The molecule has 0 spiro atoms. The summed E-state index contributed by atoms with van der Waals surface area (Å²) in [5, 5.41) is 37.6. The molecule has 9 N–H and O–H groups in total. The molecule has 0 fully saturated rings. The number of carbonyl (C=O) groups excluding carboxylic acids is 8. The number of halogens is 2. The zero-order valence-corrected chi connectivity index (χ0v) is 44.8. The number of imide groups is 1. The topological polar surface area (TPSA) is 305 Å². The fourth-order valence-electron chi connectivity index (χ4n) is 8.62. The molecule has 420 valence electrons. The molecule has 77 heavy (non-hydrogen) atoms. The third-order valence-electron chi connectivity index (χ3n) is 12.9. The van der Waals surface area contributed by atoms with E-state index in [0.717, 1.165) is 28.7 Å². The number of hydrogen-bond donors (Lipinski definition) is 8. The maximum atomic E-state index is 15.1. The van der Waals surface area contributed by atoms with Crippen LogP contribution < -0.4 is 32.3 Å². The van der Waals surface area contributed by atoms with Gasteiger partial charge >= 0.3 is 5.97 Å². The van der Waals surface area contributed by atoms with E-state index in [0.29, 0.717) is 36.9 Å². The number of aliphatic carboxylic acids is 1. The van der Waals surface area contributed by atoms with Crippen LogP contribution in [-0.4, -0.2) is 139 Å². The summed E-state index contributed by atoms with van der Waals surface area (Å²) in [7, 11) is 0. The van der Waals surface area contributed by atoms with Gasteiger partial charge in [0, 0.05) is 62.5 Å². The molecule has 2 heterocycles. The Morgan fingerprint density at radius 2 is 1.43 bits per heavy atom. The van der Waals surface area contributed by atoms with Crippen molar-refractivity contribution < 1.29 is 62.1 Å². The van der Waals surface area contributed by atoms with E-state index in [1.165, 1.54) is 35.6 Å². The quantitative estimate of drug-likeness (QED) is 0.0352. The van der Waals surface area contributed by atoms with Crippen molar-refractivity contribution in [1.29, 1.82) is 0 Å².